The average molecular weight is 235 g/mol. The van der Waals surface area contributed by atoms with Crippen LogP contribution in [0.4, 0.5) is 0 Å². The van der Waals surface area contributed by atoms with Crippen LogP contribution in [-0.2, 0) is 14.6 Å². The lowest BCUT2D eigenvalue weighted by atomic mass is 10.0. The van der Waals surface area contributed by atoms with Crippen LogP contribution in [0.1, 0.15) is 19.8 Å². The summed E-state index contributed by atoms with van der Waals surface area (Å²) in [5, 5.41) is 3.10. The van der Waals surface area contributed by atoms with Crippen LogP contribution >= 0.6 is 0 Å². The molecule has 0 aromatic rings. The highest BCUT2D eigenvalue weighted by atomic mass is 32.2. The van der Waals surface area contributed by atoms with Crippen LogP contribution in [-0.4, -0.2) is 46.2 Å². The summed E-state index contributed by atoms with van der Waals surface area (Å²) < 4.78 is 28.6. The summed E-state index contributed by atoms with van der Waals surface area (Å²) in [7, 11) is -1.07. The molecule has 1 aliphatic heterocycles. The van der Waals surface area contributed by atoms with Crippen molar-refractivity contribution in [1.29, 1.82) is 0 Å². The molecule has 90 valence electrons. The number of sulfone groups is 1. The maximum atomic E-state index is 11.7. The molecule has 4 nitrogen and oxygen atoms in total. The van der Waals surface area contributed by atoms with Gasteiger partial charge in [0.2, 0.25) is 0 Å². The van der Waals surface area contributed by atoms with Gasteiger partial charge in [0, 0.05) is 24.3 Å². The third kappa shape index (κ3) is 4.09. The van der Waals surface area contributed by atoms with E-state index >= 15 is 0 Å². The maximum Gasteiger partial charge on any atom is 0.151 e. The molecule has 0 saturated carbocycles. The number of rotatable bonds is 6. The molecule has 1 aliphatic rings. The molecule has 1 rings (SSSR count). The van der Waals surface area contributed by atoms with Gasteiger partial charge in [0.05, 0.1) is 12.4 Å². The molecule has 0 aliphatic carbocycles. The monoisotopic (exact) mass is 235 g/mol. The minimum atomic E-state index is -2.90. The second-order valence-corrected chi connectivity index (χ2v) is 6.36. The lowest BCUT2D eigenvalue weighted by Gasteiger charge is -2.21. The van der Waals surface area contributed by atoms with Gasteiger partial charge < -0.3 is 10.1 Å². The van der Waals surface area contributed by atoms with E-state index in [9.17, 15) is 8.42 Å². The van der Waals surface area contributed by atoms with E-state index < -0.39 is 9.84 Å². The number of hydrogen-bond donors (Lipinski definition) is 1. The Balaban J connectivity index is 2.52. The van der Waals surface area contributed by atoms with Crippen molar-refractivity contribution in [1.82, 2.24) is 5.32 Å². The van der Waals surface area contributed by atoms with E-state index in [4.69, 9.17) is 4.74 Å². The van der Waals surface area contributed by atoms with Crippen LogP contribution in [0.15, 0.2) is 0 Å². The summed E-state index contributed by atoms with van der Waals surface area (Å²) in [4.78, 5) is 0. The van der Waals surface area contributed by atoms with Crippen LogP contribution in [0.3, 0.4) is 0 Å². The fraction of sp³-hybridized carbons (Fsp3) is 1.00. The van der Waals surface area contributed by atoms with Crippen molar-refractivity contribution < 1.29 is 13.2 Å². The molecule has 1 heterocycles. The first kappa shape index (κ1) is 12.9. The highest BCUT2D eigenvalue weighted by molar-refractivity contribution is 7.91. The van der Waals surface area contributed by atoms with Crippen LogP contribution in [0.25, 0.3) is 0 Å². The van der Waals surface area contributed by atoms with Gasteiger partial charge >= 0.3 is 0 Å². The van der Waals surface area contributed by atoms with E-state index in [2.05, 4.69) is 5.32 Å². The molecule has 15 heavy (non-hydrogen) atoms. The topological polar surface area (TPSA) is 55.4 Å². The smallest absolute Gasteiger partial charge is 0.151 e. The molecule has 0 amide bonds. The maximum absolute atomic E-state index is 11.7. The van der Waals surface area contributed by atoms with E-state index in [0.29, 0.717) is 24.7 Å². The summed E-state index contributed by atoms with van der Waals surface area (Å²) in [6, 6.07) is 0.0454. The molecule has 1 fully saturated rings. The molecular weight excluding hydrogens is 214 g/mol. The summed E-state index contributed by atoms with van der Waals surface area (Å²) >= 11 is 0. The summed E-state index contributed by atoms with van der Waals surface area (Å²) in [6.07, 6.45) is 1.66. The average Bonchev–Trinajstić information content (AvgIpc) is 2.67. The molecule has 0 aromatic carbocycles. The molecule has 2 unspecified atom stereocenters. The van der Waals surface area contributed by atoms with Crippen molar-refractivity contribution in [2.45, 2.75) is 25.8 Å². The Hall–Kier alpha value is -0.130. The zero-order valence-corrected chi connectivity index (χ0v) is 10.3. The van der Waals surface area contributed by atoms with Gasteiger partial charge in [-0.3, -0.25) is 0 Å². The standard InChI is InChI=1S/C10H21NO3S/c1-3-6-15(12,13)8-10(11-2)9-4-5-14-7-9/h9-11H,3-8H2,1-2H3. The first-order valence-corrected chi connectivity index (χ1v) is 7.36. The first-order valence-electron chi connectivity index (χ1n) is 5.54. The number of ether oxygens (including phenoxy) is 1. The van der Waals surface area contributed by atoms with E-state index in [1.54, 1.807) is 0 Å². The van der Waals surface area contributed by atoms with Gasteiger partial charge in [-0.2, -0.15) is 0 Å². The fourth-order valence-electron chi connectivity index (χ4n) is 1.99. The predicted octanol–water partition coefficient (Wildman–Crippen LogP) is 0.436. The number of hydrogen-bond acceptors (Lipinski definition) is 4. The molecule has 5 heteroatoms. The number of nitrogens with one attached hydrogen (secondary N) is 1. The Morgan fingerprint density at radius 2 is 2.27 bits per heavy atom. The van der Waals surface area contributed by atoms with E-state index in [1.807, 2.05) is 14.0 Å². The van der Waals surface area contributed by atoms with Crippen molar-refractivity contribution in [3.05, 3.63) is 0 Å². The van der Waals surface area contributed by atoms with Crippen LogP contribution in [0.2, 0.25) is 0 Å². The van der Waals surface area contributed by atoms with Gasteiger partial charge in [-0.1, -0.05) is 6.92 Å². The Kier molecular flexibility index (Phi) is 5.02. The Morgan fingerprint density at radius 3 is 2.73 bits per heavy atom. The van der Waals surface area contributed by atoms with Crippen molar-refractivity contribution in [3.63, 3.8) is 0 Å². The largest absolute Gasteiger partial charge is 0.381 e. The third-order valence-electron chi connectivity index (χ3n) is 2.85. The van der Waals surface area contributed by atoms with Gasteiger partial charge in [-0.05, 0) is 19.9 Å². The Morgan fingerprint density at radius 1 is 1.53 bits per heavy atom. The quantitative estimate of drug-likeness (QED) is 0.725. The molecule has 1 saturated heterocycles. The zero-order chi connectivity index (χ0) is 11.3. The van der Waals surface area contributed by atoms with Gasteiger partial charge in [0.15, 0.2) is 9.84 Å². The summed E-state index contributed by atoms with van der Waals surface area (Å²) in [6.45, 7) is 3.34. The summed E-state index contributed by atoms with van der Waals surface area (Å²) in [5.74, 6) is 0.881. The second-order valence-electron chi connectivity index (χ2n) is 4.13. The normalized spacial score (nSPS) is 24.3. The first-order chi connectivity index (χ1) is 7.09. The molecule has 2 atom stereocenters. The van der Waals surface area contributed by atoms with Gasteiger partial charge in [-0.25, -0.2) is 8.42 Å². The zero-order valence-electron chi connectivity index (χ0n) is 9.53. The Labute approximate surface area is 92.3 Å². The van der Waals surface area contributed by atoms with Crippen LogP contribution in [0, 0.1) is 5.92 Å². The van der Waals surface area contributed by atoms with E-state index in [0.717, 1.165) is 13.0 Å². The third-order valence-corrected chi connectivity index (χ3v) is 4.75. The van der Waals surface area contributed by atoms with Crippen molar-refractivity contribution in [3.8, 4) is 0 Å². The summed E-state index contributed by atoms with van der Waals surface area (Å²) in [5.41, 5.74) is 0. The van der Waals surface area contributed by atoms with Gasteiger partial charge in [-0.15, -0.1) is 0 Å². The van der Waals surface area contributed by atoms with E-state index in [1.165, 1.54) is 0 Å². The second kappa shape index (κ2) is 5.82. The SMILES string of the molecule is CCCS(=O)(=O)CC(NC)C1CCOC1. The lowest BCUT2D eigenvalue weighted by molar-refractivity contribution is 0.179. The molecule has 0 spiro atoms. The van der Waals surface area contributed by atoms with Gasteiger partial charge in [0.1, 0.15) is 0 Å². The highest BCUT2D eigenvalue weighted by Gasteiger charge is 2.28. The molecule has 0 bridgehead atoms. The van der Waals surface area contributed by atoms with Gasteiger partial charge in [0.25, 0.3) is 0 Å². The van der Waals surface area contributed by atoms with Crippen molar-refractivity contribution >= 4 is 9.84 Å². The fourth-order valence-corrected chi connectivity index (χ4v) is 3.77. The lowest BCUT2D eigenvalue weighted by Crippen LogP contribution is -2.40. The van der Waals surface area contributed by atoms with Crippen LogP contribution < -0.4 is 5.32 Å². The highest BCUT2D eigenvalue weighted by Crippen LogP contribution is 2.18. The van der Waals surface area contributed by atoms with Crippen molar-refractivity contribution in [2.24, 2.45) is 5.92 Å². The Bertz CT molecular complexity index is 270. The molecule has 0 aromatic heterocycles. The van der Waals surface area contributed by atoms with Crippen LogP contribution in [0.5, 0.6) is 0 Å². The van der Waals surface area contributed by atoms with E-state index in [-0.39, 0.29) is 11.8 Å². The molecule has 0 radical (unpaired) electrons. The predicted molar refractivity (Wildman–Crippen MR) is 60.7 cm³/mol. The minimum Gasteiger partial charge on any atom is -0.381 e. The minimum absolute atomic E-state index is 0.0454. The molecule has 1 N–H and O–H groups in total. The molecular formula is C10H21NO3S. The van der Waals surface area contributed by atoms with Crippen molar-refractivity contribution in [2.75, 3.05) is 31.8 Å².